The molecule has 1 saturated heterocycles. The van der Waals surface area contributed by atoms with Crippen molar-refractivity contribution in [3.8, 4) is 10.6 Å². The van der Waals surface area contributed by atoms with Gasteiger partial charge in [0.15, 0.2) is 11.5 Å². The molecule has 0 amide bonds. The lowest BCUT2D eigenvalue weighted by atomic mass is 10.2. The smallest absolute Gasteiger partial charge is 0.176 e. The molecule has 0 spiro atoms. The van der Waals surface area contributed by atoms with Crippen LogP contribution in [-0.4, -0.2) is 41.1 Å². The first kappa shape index (κ1) is 13.5. The highest BCUT2D eigenvalue weighted by Gasteiger charge is 2.18. The molecular weight excluding hydrogens is 301 g/mol. The van der Waals surface area contributed by atoms with Crippen LogP contribution >= 0.6 is 11.3 Å². The lowest BCUT2D eigenvalue weighted by Crippen LogP contribution is -2.43. The standard InChI is InChI=1S/C15H14FN5S/c16-11-3-1-10(2-4-11)15-20-13-12(22-15)14(19-9-18-13)21-7-5-17-6-8-21/h1-4,9,17H,5-8H2. The van der Waals surface area contributed by atoms with E-state index in [1.54, 1.807) is 29.8 Å². The molecule has 1 aliphatic rings. The van der Waals surface area contributed by atoms with Gasteiger partial charge < -0.3 is 10.2 Å². The van der Waals surface area contributed by atoms with E-state index in [2.05, 4.69) is 25.2 Å². The van der Waals surface area contributed by atoms with Gasteiger partial charge in [-0.25, -0.2) is 19.3 Å². The number of fused-ring (bicyclic) bond motifs is 1. The number of anilines is 1. The minimum Gasteiger partial charge on any atom is -0.353 e. The Labute approximate surface area is 130 Å². The molecule has 3 heterocycles. The summed E-state index contributed by atoms with van der Waals surface area (Å²) in [4.78, 5) is 15.5. The number of hydrogen-bond donors (Lipinski definition) is 1. The molecule has 112 valence electrons. The van der Waals surface area contributed by atoms with Crippen molar-refractivity contribution in [3.63, 3.8) is 0 Å². The van der Waals surface area contributed by atoms with Crippen molar-refractivity contribution in [2.24, 2.45) is 0 Å². The monoisotopic (exact) mass is 315 g/mol. The molecule has 1 fully saturated rings. The van der Waals surface area contributed by atoms with E-state index < -0.39 is 0 Å². The molecule has 2 aromatic heterocycles. The Kier molecular flexibility index (Phi) is 3.44. The van der Waals surface area contributed by atoms with Gasteiger partial charge in [0.05, 0.1) is 0 Å². The maximum Gasteiger partial charge on any atom is 0.176 e. The van der Waals surface area contributed by atoms with Crippen LogP contribution in [0.2, 0.25) is 0 Å². The molecule has 4 rings (SSSR count). The average Bonchev–Trinajstić information content (AvgIpc) is 3.00. The molecule has 0 atom stereocenters. The van der Waals surface area contributed by atoms with E-state index in [1.807, 2.05) is 0 Å². The Bertz CT molecular complexity index is 795. The maximum absolute atomic E-state index is 13.1. The van der Waals surface area contributed by atoms with E-state index in [0.29, 0.717) is 5.65 Å². The van der Waals surface area contributed by atoms with Gasteiger partial charge >= 0.3 is 0 Å². The summed E-state index contributed by atoms with van der Waals surface area (Å²) in [5, 5.41) is 4.18. The van der Waals surface area contributed by atoms with Crippen LogP contribution in [0.5, 0.6) is 0 Å². The van der Waals surface area contributed by atoms with E-state index in [4.69, 9.17) is 0 Å². The van der Waals surface area contributed by atoms with Crippen LogP contribution < -0.4 is 10.2 Å². The topological polar surface area (TPSA) is 53.9 Å². The van der Waals surface area contributed by atoms with Gasteiger partial charge in [0.1, 0.15) is 21.9 Å². The number of benzene rings is 1. The lowest BCUT2D eigenvalue weighted by molar-refractivity contribution is 0.586. The predicted molar refractivity (Wildman–Crippen MR) is 85.7 cm³/mol. The summed E-state index contributed by atoms with van der Waals surface area (Å²) in [6, 6.07) is 6.38. The van der Waals surface area contributed by atoms with Gasteiger partial charge in [-0.1, -0.05) is 0 Å². The zero-order chi connectivity index (χ0) is 14.9. The summed E-state index contributed by atoms with van der Waals surface area (Å²) in [6.45, 7) is 3.76. The highest BCUT2D eigenvalue weighted by Crippen LogP contribution is 2.34. The van der Waals surface area contributed by atoms with Gasteiger partial charge in [0.25, 0.3) is 0 Å². The number of piperazine rings is 1. The predicted octanol–water partition coefficient (Wildman–Crippen LogP) is 2.30. The first-order chi connectivity index (χ1) is 10.8. The van der Waals surface area contributed by atoms with E-state index >= 15 is 0 Å². The summed E-state index contributed by atoms with van der Waals surface area (Å²) in [7, 11) is 0. The molecule has 0 aliphatic carbocycles. The van der Waals surface area contributed by atoms with Gasteiger partial charge in [0, 0.05) is 31.7 Å². The molecule has 0 bridgehead atoms. The second-order valence-corrected chi connectivity index (χ2v) is 6.11. The van der Waals surface area contributed by atoms with Crippen molar-refractivity contribution < 1.29 is 4.39 Å². The third-order valence-electron chi connectivity index (χ3n) is 3.68. The first-order valence-corrected chi connectivity index (χ1v) is 7.96. The highest BCUT2D eigenvalue weighted by molar-refractivity contribution is 7.22. The van der Waals surface area contributed by atoms with Crippen molar-refractivity contribution >= 4 is 27.5 Å². The Morgan fingerprint density at radius 1 is 1.09 bits per heavy atom. The number of thiazole rings is 1. The highest BCUT2D eigenvalue weighted by atomic mass is 32.1. The molecule has 0 unspecified atom stereocenters. The number of hydrogen-bond acceptors (Lipinski definition) is 6. The molecule has 5 nitrogen and oxygen atoms in total. The van der Waals surface area contributed by atoms with Crippen LogP contribution in [0, 0.1) is 5.82 Å². The molecule has 1 N–H and O–H groups in total. The fraction of sp³-hybridized carbons (Fsp3) is 0.267. The van der Waals surface area contributed by atoms with E-state index in [-0.39, 0.29) is 5.82 Å². The van der Waals surface area contributed by atoms with Crippen LogP contribution in [0.15, 0.2) is 30.6 Å². The summed E-state index contributed by atoms with van der Waals surface area (Å²) in [5.41, 5.74) is 1.60. The minimum absolute atomic E-state index is 0.244. The summed E-state index contributed by atoms with van der Waals surface area (Å²) < 4.78 is 14.1. The third-order valence-corrected chi connectivity index (χ3v) is 4.77. The number of nitrogens with one attached hydrogen (secondary N) is 1. The normalized spacial score (nSPS) is 15.4. The zero-order valence-corrected chi connectivity index (χ0v) is 12.6. The fourth-order valence-corrected chi connectivity index (χ4v) is 3.60. The van der Waals surface area contributed by atoms with Crippen molar-refractivity contribution in [3.05, 3.63) is 36.4 Å². The Hall–Kier alpha value is -2.12. The third kappa shape index (κ3) is 2.42. The molecule has 7 heteroatoms. The van der Waals surface area contributed by atoms with Crippen LogP contribution in [-0.2, 0) is 0 Å². The molecular formula is C15H14FN5S. The van der Waals surface area contributed by atoms with Crippen LogP contribution in [0.25, 0.3) is 20.9 Å². The summed E-state index contributed by atoms with van der Waals surface area (Å²) in [6.07, 6.45) is 1.56. The summed E-state index contributed by atoms with van der Waals surface area (Å²) >= 11 is 1.56. The van der Waals surface area contributed by atoms with Crippen molar-refractivity contribution in [2.45, 2.75) is 0 Å². The number of rotatable bonds is 2. The quantitative estimate of drug-likeness (QED) is 0.786. The van der Waals surface area contributed by atoms with E-state index in [1.165, 1.54) is 12.1 Å². The number of aromatic nitrogens is 3. The van der Waals surface area contributed by atoms with Crippen molar-refractivity contribution in [2.75, 3.05) is 31.1 Å². The largest absolute Gasteiger partial charge is 0.353 e. The second-order valence-electron chi connectivity index (χ2n) is 5.11. The maximum atomic E-state index is 13.1. The van der Waals surface area contributed by atoms with E-state index in [0.717, 1.165) is 47.3 Å². The SMILES string of the molecule is Fc1ccc(-c2nc3ncnc(N4CCNCC4)c3s2)cc1. The van der Waals surface area contributed by atoms with Gasteiger partial charge in [-0.3, -0.25) is 0 Å². The Morgan fingerprint density at radius 2 is 1.86 bits per heavy atom. The van der Waals surface area contributed by atoms with Crippen LogP contribution in [0.1, 0.15) is 0 Å². The van der Waals surface area contributed by atoms with Gasteiger partial charge in [0.2, 0.25) is 0 Å². The van der Waals surface area contributed by atoms with Crippen LogP contribution in [0.4, 0.5) is 10.2 Å². The van der Waals surface area contributed by atoms with Crippen molar-refractivity contribution in [1.29, 1.82) is 0 Å². The Morgan fingerprint density at radius 3 is 2.64 bits per heavy atom. The van der Waals surface area contributed by atoms with Gasteiger partial charge in [-0.2, -0.15) is 0 Å². The molecule has 3 aromatic rings. The van der Waals surface area contributed by atoms with Gasteiger partial charge in [-0.15, -0.1) is 11.3 Å². The number of nitrogens with zero attached hydrogens (tertiary/aromatic N) is 4. The number of halogens is 1. The molecule has 0 radical (unpaired) electrons. The summed E-state index contributed by atoms with van der Waals surface area (Å²) in [5.74, 6) is 0.698. The second kappa shape index (κ2) is 5.58. The van der Waals surface area contributed by atoms with E-state index in [9.17, 15) is 4.39 Å². The molecule has 1 aromatic carbocycles. The molecule has 22 heavy (non-hydrogen) atoms. The average molecular weight is 315 g/mol. The fourth-order valence-electron chi connectivity index (χ4n) is 2.56. The van der Waals surface area contributed by atoms with Crippen LogP contribution in [0.3, 0.4) is 0 Å². The Balaban J connectivity index is 1.78. The minimum atomic E-state index is -0.244. The molecule has 0 saturated carbocycles. The molecule has 1 aliphatic heterocycles. The van der Waals surface area contributed by atoms with Gasteiger partial charge in [-0.05, 0) is 24.3 Å². The van der Waals surface area contributed by atoms with Crippen molar-refractivity contribution in [1.82, 2.24) is 20.3 Å². The zero-order valence-electron chi connectivity index (χ0n) is 11.8. The first-order valence-electron chi connectivity index (χ1n) is 7.14. The lowest BCUT2D eigenvalue weighted by Gasteiger charge is -2.28.